The van der Waals surface area contributed by atoms with Gasteiger partial charge in [-0.1, -0.05) is 13.3 Å². The van der Waals surface area contributed by atoms with E-state index >= 15 is 0 Å². The molecule has 5 heteroatoms. The highest BCUT2D eigenvalue weighted by Gasteiger charge is 2.13. The van der Waals surface area contributed by atoms with Gasteiger partial charge in [-0.3, -0.25) is 5.10 Å². The van der Waals surface area contributed by atoms with Gasteiger partial charge in [0.1, 0.15) is 0 Å². The van der Waals surface area contributed by atoms with Crippen LogP contribution in [0.1, 0.15) is 43.6 Å². The van der Waals surface area contributed by atoms with Gasteiger partial charge in [-0.25, -0.2) is 4.79 Å². The molecule has 1 heterocycles. The number of aromatic amines is 1. The molecule has 1 aromatic heterocycles. The maximum atomic E-state index is 11.9. The molecule has 0 radical (unpaired) electrons. The smallest absolute Gasteiger partial charge is 0.317 e. The number of nitrogens with one attached hydrogen (secondary N) is 2. The average molecular weight is 266 g/mol. The molecule has 0 bridgehead atoms. The molecular weight excluding hydrogens is 240 g/mol. The van der Waals surface area contributed by atoms with Crippen LogP contribution >= 0.6 is 0 Å². The Balaban J connectivity index is 2.42. The third kappa shape index (κ3) is 4.58. The van der Waals surface area contributed by atoms with Crippen molar-refractivity contribution in [1.29, 1.82) is 0 Å². The summed E-state index contributed by atoms with van der Waals surface area (Å²) < 4.78 is 0. The molecule has 108 valence electrons. The number of likely N-dealkylation sites (N-methyl/N-ethyl adjacent to an activating group) is 1. The van der Waals surface area contributed by atoms with Crippen molar-refractivity contribution in [3.05, 3.63) is 17.0 Å². The van der Waals surface area contributed by atoms with Crippen LogP contribution in [0.25, 0.3) is 0 Å². The minimum Gasteiger partial charge on any atom is -0.336 e. The number of nitrogens with zero attached hydrogens (tertiary/aromatic N) is 2. The molecule has 1 rings (SSSR count). The number of hydrogen-bond acceptors (Lipinski definition) is 2. The van der Waals surface area contributed by atoms with E-state index in [2.05, 4.69) is 22.4 Å². The van der Waals surface area contributed by atoms with Crippen LogP contribution in [0.15, 0.2) is 0 Å². The van der Waals surface area contributed by atoms with Crippen LogP contribution in [0.5, 0.6) is 0 Å². The molecule has 0 aliphatic rings. The van der Waals surface area contributed by atoms with Crippen molar-refractivity contribution in [3.63, 3.8) is 0 Å². The Hall–Kier alpha value is -1.52. The van der Waals surface area contributed by atoms with Crippen LogP contribution in [0.4, 0.5) is 4.79 Å². The van der Waals surface area contributed by atoms with Crippen LogP contribution in [0.3, 0.4) is 0 Å². The van der Waals surface area contributed by atoms with Gasteiger partial charge < -0.3 is 10.2 Å². The first-order valence-corrected chi connectivity index (χ1v) is 6.97. The number of aromatic nitrogens is 2. The summed E-state index contributed by atoms with van der Waals surface area (Å²) in [4.78, 5) is 13.7. The highest BCUT2D eigenvalue weighted by Crippen LogP contribution is 2.10. The Morgan fingerprint density at radius 1 is 1.47 bits per heavy atom. The normalized spacial score (nSPS) is 12.3. The first-order valence-electron chi connectivity index (χ1n) is 6.97. The van der Waals surface area contributed by atoms with Crippen molar-refractivity contribution >= 4 is 6.03 Å². The van der Waals surface area contributed by atoms with Gasteiger partial charge >= 0.3 is 6.03 Å². The number of aryl methyl sites for hydroxylation is 2. The van der Waals surface area contributed by atoms with Crippen LogP contribution in [-0.2, 0) is 6.42 Å². The van der Waals surface area contributed by atoms with E-state index in [0.717, 1.165) is 30.7 Å². The molecule has 2 N–H and O–H groups in total. The third-order valence-corrected chi connectivity index (χ3v) is 3.42. The zero-order valence-corrected chi connectivity index (χ0v) is 12.7. The average Bonchev–Trinajstić information content (AvgIpc) is 2.66. The van der Waals surface area contributed by atoms with E-state index in [1.807, 2.05) is 27.8 Å². The van der Waals surface area contributed by atoms with E-state index in [9.17, 15) is 4.79 Å². The van der Waals surface area contributed by atoms with Crippen molar-refractivity contribution < 1.29 is 4.79 Å². The number of H-pyrrole nitrogens is 1. The van der Waals surface area contributed by atoms with Gasteiger partial charge in [0.05, 0.1) is 5.69 Å². The first-order chi connectivity index (χ1) is 8.95. The second kappa shape index (κ2) is 7.16. The van der Waals surface area contributed by atoms with Gasteiger partial charge in [0.15, 0.2) is 0 Å². The van der Waals surface area contributed by atoms with Crippen LogP contribution in [0, 0.1) is 13.8 Å². The largest absolute Gasteiger partial charge is 0.336 e. The molecule has 0 saturated heterocycles. The van der Waals surface area contributed by atoms with E-state index in [1.165, 1.54) is 5.56 Å². The standard InChI is InChI=1S/C14H26N4O/c1-6-7-10(2)15-14(19)18(5)9-8-13-11(3)16-17-12(13)4/h10H,6-9H2,1-5H3,(H,15,19)(H,16,17)/t10-/m1/s1. The molecule has 0 fully saturated rings. The van der Waals surface area contributed by atoms with Crippen LogP contribution in [-0.4, -0.2) is 40.8 Å². The maximum absolute atomic E-state index is 11.9. The molecule has 19 heavy (non-hydrogen) atoms. The summed E-state index contributed by atoms with van der Waals surface area (Å²) >= 11 is 0. The summed E-state index contributed by atoms with van der Waals surface area (Å²) in [5.41, 5.74) is 3.32. The van der Waals surface area contributed by atoms with Gasteiger partial charge in [-0.05, 0) is 39.2 Å². The second-order valence-electron chi connectivity index (χ2n) is 5.22. The van der Waals surface area contributed by atoms with Crippen molar-refractivity contribution in [2.24, 2.45) is 0 Å². The number of carbonyl (C=O) groups excluding carboxylic acids is 1. The maximum Gasteiger partial charge on any atom is 0.317 e. The van der Waals surface area contributed by atoms with Gasteiger partial charge in [0.25, 0.3) is 0 Å². The molecule has 2 amide bonds. The fraction of sp³-hybridized carbons (Fsp3) is 0.714. The summed E-state index contributed by atoms with van der Waals surface area (Å²) in [6.45, 7) is 8.86. The third-order valence-electron chi connectivity index (χ3n) is 3.42. The lowest BCUT2D eigenvalue weighted by Gasteiger charge is -2.21. The zero-order valence-electron chi connectivity index (χ0n) is 12.7. The topological polar surface area (TPSA) is 61.0 Å². The molecule has 0 aromatic carbocycles. The summed E-state index contributed by atoms with van der Waals surface area (Å²) in [5, 5.41) is 10.1. The SMILES string of the molecule is CCC[C@@H](C)NC(=O)N(C)CCc1c(C)n[nH]c1C. The van der Waals surface area contributed by atoms with Crippen LogP contribution < -0.4 is 5.32 Å². The molecule has 5 nitrogen and oxygen atoms in total. The summed E-state index contributed by atoms with van der Waals surface area (Å²) in [7, 11) is 1.83. The number of urea groups is 1. The molecular formula is C14H26N4O. The molecule has 0 aliphatic carbocycles. The Bertz CT molecular complexity index is 394. The second-order valence-corrected chi connectivity index (χ2v) is 5.22. The zero-order chi connectivity index (χ0) is 14.4. The minimum absolute atomic E-state index is 0.000231. The number of rotatable bonds is 6. The number of amides is 2. The fourth-order valence-electron chi connectivity index (χ4n) is 2.15. The van der Waals surface area contributed by atoms with E-state index in [4.69, 9.17) is 0 Å². The monoisotopic (exact) mass is 266 g/mol. The molecule has 0 unspecified atom stereocenters. The molecule has 0 aliphatic heterocycles. The van der Waals surface area contributed by atoms with Crippen molar-refractivity contribution in [1.82, 2.24) is 20.4 Å². The highest BCUT2D eigenvalue weighted by molar-refractivity contribution is 5.74. The van der Waals surface area contributed by atoms with E-state index in [0.29, 0.717) is 6.54 Å². The summed E-state index contributed by atoms with van der Waals surface area (Å²) in [5.74, 6) is 0. The predicted octanol–water partition coefficient (Wildman–Crippen LogP) is 2.40. The molecule has 0 spiro atoms. The lowest BCUT2D eigenvalue weighted by atomic mass is 10.1. The Labute approximate surface area is 115 Å². The Morgan fingerprint density at radius 3 is 2.68 bits per heavy atom. The van der Waals surface area contributed by atoms with Gasteiger partial charge in [-0.2, -0.15) is 5.10 Å². The fourth-order valence-corrected chi connectivity index (χ4v) is 2.15. The highest BCUT2D eigenvalue weighted by atomic mass is 16.2. The summed E-state index contributed by atoms with van der Waals surface area (Å²) in [6.07, 6.45) is 2.93. The van der Waals surface area contributed by atoms with Gasteiger partial charge in [-0.15, -0.1) is 0 Å². The van der Waals surface area contributed by atoms with Crippen molar-refractivity contribution in [2.75, 3.05) is 13.6 Å². The minimum atomic E-state index is -0.000231. The Kier molecular flexibility index (Phi) is 5.86. The first kappa shape index (κ1) is 15.5. The quantitative estimate of drug-likeness (QED) is 0.830. The lowest BCUT2D eigenvalue weighted by molar-refractivity contribution is 0.205. The predicted molar refractivity (Wildman–Crippen MR) is 77.3 cm³/mol. The van der Waals surface area contributed by atoms with E-state index in [1.54, 1.807) is 4.90 Å². The van der Waals surface area contributed by atoms with Crippen molar-refractivity contribution in [2.45, 2.75) is 53.0 Å². The van der Waals surface area contributed by atoms with Crippen LogP contribution in [0.2, 0.25) is 0 Å². The molecule has 1 aromatic rings. The molecule has 0 saturated carbocycles. The van der Waals surface area contributed by atoms with E-state index in [-0.39, 0.29) is 12.1 Å². The van der Waals surface area contributed by atoms with Gasteiger partial charge in [0, 0.05) is 25.3 Å². The number of hydrogen-bond donors (Lipinski definition) is 2. The van der Waals surface area contributed by atoms with E-state index < -0.39 is 0 Å². The molecule has 1 atom stereocenters. The Morgan fingerprint density at radius 2 is 2.16 bits per heavy atom. The number of carbonyl (C=O) groups is 1. The van der Waals surface area contributed by atoms with Gasteiger partial charge in [0.2, 0.25) is 0 Å². The van der Waals surface area contributed by atoms with Crippen molar-refractivity contribution in [3.8, 4) is 0 Å². The summed E-state index contributed by atoms with van der Waals surface area (Å²) in [6, 6.07) is 0.233. The lowest BCUT2D eigenvalue weighted by Crippen LogP contribution is -2.42.